The van der Waals surface area contributed by atoms with Gasteiger partial charge in [0.25, 0.3) is 0 Å². The van der Waals surface area contributed by atoms with Crippen molar-refractivity contribution in [1.82, 2.24) is 10.2 Å². The van der Waals surface area contributed by atoms with Crippen LogP contribution in [0.5, 0.6) is 0 Å². The molecule has 2 fully saturated rings. The summed E-state index contributed by atoms with van der Waals surface area (Å²) in [4.78, 5) is 13.6. The van der Waals surface area contributed by atoms with Crippen LogP contribution in [0.1, 0.15) is 6.42 Å². The van der Waals surface area contributed by atoms with E-state index < -0.39 is 0 Å². The molecular formula is C12H16N2OS. The quantitative estimate of drug-likeness (QED) is 0.725. The summed E-state index contributed by atoms with van der Waals surface area (Å²) in [6.07, 6.45) is 10.7. The second-order valence-corrected chi connectivity index (χ2v) is 5.68. The summed E-state index contributed by atoms with van der Waals surface area (Å²) in [5.74, 6) is 1.60. The van der Waals surface area contributed by atoms with E-state index in [0.29, 0.717) is 11.4 Å². The molecule has 86 valence electrons. The molecule has 0 aromatic rings. The van der Waals surface area contributed by atoms with Gasteiger partial charge in [0.2, 0.25) is 0 Å². The van der Waals surface area contributed by atoms with E-state index in [0.717, 1.165) is 25.0 Å². The Bertz CT molecular complexity index is 342. The molecule has 3 nitrogen and oxygen atoms in total. The predicted molar refractivity (Wildman–Crippen MR) is 66.1 cm³/mol. The summed E-state index contributed by atoms with van der Waals surface area (Å²) in [5.41, 5.74) is 0.361. The number of thioether (sulfide) groups is 1. The van der Waals surface area contributed by atoms with Crippen LogP contribution in [-0.2, 0) is 4.79 Å². The van der Waals surface area contributed by atoms with E-state index in [-0.39, 0.29) is 12.1 Å². The van der Waals surface area contributed by atoms with Crippen molar-refractivity contribution in [3.05, 3.63) is 24.3 Å². The lowest BCUT2D eigenvalue weighted by Gasteiger charge is -2.25. The molecular weight excluding hydrogens is 220 g/mol. The van der Waals surface area contributed by atoms with Gasteiger partial charge in [-0.1, -0.05) is 24.3 Å². The molecule has 2 heterocycles. The minimum Gasteiger partial charge on any atom is -0.302 e. The summed E-state index contributed by atoms with van der Waals surface area (Å²) in [7, 11) is 0. The zero-order valence-electron chi connectivity index (χ0n) is 9.08. The van der Waals surface area contributed by atoms with Crippen LogP contribution in [0, 0.1) is 5.92 Å². The monoisotopic (exact) mass is 236 g/mol. The van der Waals surface area contributed by atoms with Crippen LogP contribution in [0.4, 0.5) is 0 Å². The van der Waals surface area contributed by atoms with Gasteiger partial charge < -0.3 is 4.79 Å². The van der Waals surface area contributed by atoms with Crippen LogP contribution in [0.2, 0.25) is 0 Å². The zero-order valence-corrected chi connectivity index (χ0v) is 9.90. The molecule has 0 amide bonds. The number of allylic oxidation sites excluding steroid dienone is 3. The van der Waals surface area contributed by atoms with E-state index in [9.17, 15) is 4.79 Å². The third-order valence-electron chi connectivity index (χ3n) is 3.63. The average molecular weight is 236 g/mol. The van der Waals surface area contributed by atoms with E-state index in [1.54, 1.807) is 0 Å². The van der Waals surface area contributed by atoms with Crippen LogP contribution in [0.15, 0.2) is 24.3 Å². The standard InChI is InChI=1S/C12H16N2OS/c15-8-10-11(9-4-2-1-3-5-9)13-12-14(10)6-7-16-12/h1-4,8-13H,5-7H2/t9-,10?,11+,12?/m1/s1. The second-order valence-electron chi connectivity index (χ2n) is 4.49. The molecule has 1 aliphatic carbocycles. The number of rotatable bonds is 2. The Kier molecular flexibility index (Phi) is 2.88. The van der Waals surface area contributed by atoms with Gasteiger partial charge in [0.05, 0.1) is 6.04 Å². The van der Waals surface area contributed by atoms with Gasteiger partial charge in [-0.3, -0.25) is 10.2 Å². The molecule has 2 saturated heterocycles. The van der Waals surface area contributed by atoms with Gasteiger partial charge >= 0.3 is 0 Å². The molecule has 0 bridgehead atoms. The van der Waals surface area contributed by atoms with E-state index >= 15 is 0 Å². The van der Waals surface area contributed by atoms with Gasteiger partial charge in [-0.2, -0.15) is 0 Å². The average Bonchev–Trinajstić information content (AvgIpc) is 2.89. The third-order valence-corrected chi connectivity index (χ3v) is 4.77. The first-order valence-corrected chi connectivity index (χ1v) is 6.87. The summed E-state index contributed by atoms with van der Waals surface area (Å²) < 4.78 is 0. The number of carbonyl (C=O) groups excluding carboxylic acids is 1. The van der Waals surface area contributed by atoms with Crippen LogP contribution in [0.3, 0.4) is 0 Å². The van der Waals surface area contributed by atoms with Crippen molar-refractivity contribution in [2.75, 3.05) is 12.3 Å². The summed E-state index contributed by atoms with van der Waals surface area (Å²) in [6.45, 7) is 1.04. The summed E-state index contributed by atoms with van der Waals surface area (Å²) in [6, 6.07) is 0.345. The SMILES string of the molecule is O=CC1[C@H]([C@@H]2C=CC=CC2)NC2SCCN21. The van der Waals surface area contributed by atoms with Crippen LogP contribution in [-0.4, -0.2) is 41.1 Å². The Morgan fingerprint density at radius 1 is 1.44 bits per heavy atom. The Balaban J connectivity index is 1.78. The molecule has 4 heteroatoms. The fourth-order valence-electron chi connectivity index (χ4n) is 2.81. The van der Waals surface area contributed by atoms with Crippen LogP contribution < -0.4 is 5.32 Å². The molecule has 0 aromatic carbocycles. The Labute approximate surface area is 100.0 Å². The minimum absolute atomic E-state index is 0.0566. The smallest absolute Gasteiger partial charge is 0.138 e. The van der Waals surface area contributed by atoms with E-state index in [2.05, 4.69) is 34.5 Å². The van der Waals surface area contributed by atoms with Gasteiger partial charge in [-0.15, -0.1) is 11.8 Å². The lowest BCUT2D eigenvalue weighted by atomic mass is 9.89. The Hall–Kier alpha value is -0.580. The van der Waals surface area contributed by atoms with Gasteiger partial charge in [0.1, 0.15) is 11.8 Å². The number of nitrogens with one attached hydrogen (secondary N) is 1. The van der Waals surface area contributed by atoms with Crippen molar-refractivity contribution in [1.29, 1.82) is 0 Å². The van der Waals surface area contributed by atoms with Gasteiger partial charge in [0.15, 0.2) is 0 Å². The highest BCUT2D eigenvalue weighted by Crippen LogP contribution is 2.34. The Morgan fingerprint density at radius 3 is 3.12 bits per heavy atom. The molecule has 0 saturated carbocycles. The molecule has 4 atom stereocenters. The highest BCUT2D eigenvalue weighted by molar-refractivity contribution is 8.00. The number of fused-ring (bicyclic) bond motifs is 1. The van der Waals surface area contributed by atoms with Crippen molar-refractivity contribution in [2.24, 2.45) is 5.92 Å². The predicted octanol–water partition coefficient (Wildman–Crippen LogP) is 0.990. The first-order valence-electron chi connectivity index (χ1n) is 5.82. The van der Waals surface area contributed by atoms with Gasteiger partial charge in [0, 0.05) is 18.3 Å². The number of nitrogens with zero attached hydrogens (tertiary/aromatic N) is 1. The first-order chi connectivity index (χ1) is 7.90. The largest absolute Gasteiger partial charge is 0.302 e. The third kappa shape index (κ3) is 1.65. The van der Waals surface area contributed by atoms with Crippen LogP contribution in [0.25, 0.3) is 0 Å². The van der Waals surface area contributed by atoms with Crippen molar-refractivity contribution in [3.8, 4) is 0 Å². The summed E-state index contributed by atoms with van der Waals surface area (Å²) in [5, 5.41) is 3.60. The normalized spacial score (nSPS) is 42.5. The maximum absolute atomic E-state index is 11.3. The second kappa shape index (κ2) is 4.35. The van der Waals surface area contributed by atoms with Crippen molar-refractivity contribution >= 4 is 18.0 Å². The fraction of sp³-hybridized carbons (Fsp3) is 0.583. The molecule has 0 aromatic heterocycles. The molecule has 3 aliphatic rings. The fourth-order valence-corrected chi connectivity index (χ4v) is 4.04. The van der Waals surface area contributed by atoms with E-state index in [4.69, 9.17) is 0 Å². The van der Waals surface area contributed by atoms with Crippen LogP contribution >= 0.6 is 11.8 Å². The minimum atomic E-state index is 0.0566. The molecule has 1 N–H and O–H groups in total. The van der Waals surface area contributed by atoms with Crippen molar-refractivity contribution in [3.63, 3.8) is 0 Å². The first kappa shape index (κ1) is 10.6. The van der Waals surface area contributed by atoms with E-state index in [1.807, 2.05) is 11.8 Å². The van der Waals surface area contributed by atoms with Gasteiger partial charge in [-0.25, -0.2) is 0 Å². The topological polar surface area (TPSA) is 32.3 Å². The molecule has 16 heavy (non-hydrogen) atoms. The highest BCUT2D eigenvalue weighted by Gasteiger charge is 2.45. The molecule has 3 rings (SSSR count). The highest BCUT2D eigenvalue weighted by atomic mass is 32.2. The molecule has 0 radical (unpaired) electrons. The summed E-state index contributed by atoms with van der Waals surface area (Å²) >= 11 is 1.91. The number of aldehydes is 1. The van der Waals surface area contributed by atoms with Crippen molar-refractivity contribution in [2.45, 2.75) is 24.0 Å². The zero-order chi connectivity index (χ0) is 11.0. The lowest BCUT2D eigenvalue weighted by molar-refractivity contribution is -0.112. The number of carbonyl (C=O) groups is 1. The molecule has 2 unspecified atom stereocenters. The lowest BCUT2D eigenvalue weighted by Crippen LogP contribution is -2.42. The number of hydrogen-bond donors (Lipinski definition) is 1. The maximum atomic E-state index is 11.3. The molecule has 0 spiro atoms. The van der Waals surface area contributed by atoms with Crippen molar-refractivity contribution < 1.29 is 4.79 Å². The number of hydrogen-bond acceptors (Lipinski definition) is 4. The maximum Gasteiger partial charge on any atom is 0.138 e. The molecule has 2 aliphatic heterocycles. The van der Waals surface area contributed by atoms with E-state index in [1.165, 1.54) is 0 Å². The van der Waals surface area contributed by atoms with Gasteiger partial charge in [-0.05, 0) is 12.3 Å². The Morgan fingerprint density at radius 2 is 2.38 bits per heavy atom.